The number of benzene rings is 2. The van der Waals surface area contributed by atoms with E-state index in [4.69, 9.17) is 22.1 Å². The Morgan fingerprint density at radius 2 is 1.85 bits per heavy atom. The van der Waals surface area contributed by atoms with E-state index in [2.05, 4.69) is 31.2 Å². The number of hydrogen-bond acceptors (Lipinski definition) is 2. The second-order valence-electron chi connectivity index (χ2n) is 4.92. The molecule has 0 spiro atoms. The standard InChI is InChI=1S/C17H20ClNO/c1-13-4-6-14(7-5-13)12-20-17-9-8-16(18)11-15(17)3-2-10-19/h4-9,11H,2-3,10,12,19H2,1H3. The molecule has 2 aromatic rings. The maximum atomic E-state index is 6.04. The van der Waals surface area contributed by atoms with Crippen LogP contribution in [0.3, 0.4) is 0 Å². The van der Waals surface area contributed by atoms with Crippen molar-refractivity contribution in [3.8, 4) is 5.75 Å². The number of halogens is 1. The molecule has 0 aromatic heterocycles. The minimum Gasteiger partial charge on any atom is -0.489 e. The third kappa shape index (κ3) is 4.26. The van der Waals surface area contributed by atoms with Gasteiger partial charge in [-0.05, 0) is 55.6 Å². The van der Waals surface area contributed by atoms with Gasteiger partial charge in [0.2, 0.25) is 0 Å². The van der Waals surface area contributed by atoms with Gasteiger partial charge in [0.25, 0.3) is 0 Å². The van der Waals surface area contributed by atoms with E-state index in [1.54, 1.807) is 0 Å². The first-order valence-electron chi connectivity index (χ1n) is 6.86. The number of nitrogens with two attached hydrogens (primary N) is 1. The van der Waals surface area contributed by atoms with Crippen LogP contribution in [0.5, 0.6) is 5.75 Å². The highest BCUT2D eigenvalue weighted by molar-refractivity contribution is 6.30. The maximum absolute atomic E-state index is 6.04. The Balaban J connectivity index is 2.06. The zero-order valence-electron chi connectivity index (χ0n) is 11.7. The van der Waals surface area contributed by atoms with Crippen LogP contribution in [0.2, 0.25) is 5.02 Å². The van der Waals surface area contributed by atoms with Crippen LogP contribution in [-0.4, -0.2) is 6.54 Å². The maximum Gasteiger partial charge on any atom is 0.123 e. The van der Waals surface area contributed by atoms with E-state index >= 15 is 0 Å². The Labute approximate surface area is 125 Å². The average molecular weight is 290 g/mol. The summed E-state index contributed by atoms with van der Waals surface area (Å²) in [6, 6.07) is 14.1. The van der Waals surface area contributed by atoms with Gasteiger partial charge in [-0.2, -0.15) is 0 Å². The van der Waals surface area contributed by atoms with Crippen molar-refractivity contribution in [1.82, 2.24) is 0 Å². The molecule has 0 amide bonds. The summed E-state index contributed by atoms with van der Waals surface area (Å²) in [5.74, 6) is 0.892. The fraction of sp³-hybridized carbons (Fsp3) is 0.294. The summed E-state index contributed by atoms with van der Waals surface area (Å²) in [6.07, 6.45) is 1.82. The summed E-state index contributed by atoms with van der Waals surface area (Å²) in [4.78, 5) is 0. The van der Waals surface area contributed by atoms with Crippen LogP contribution in [-0.2, 0) is 13.0 Å². The van der Waals surface area contributed by atoms with Crippen LogP contribution >= 0.6 is 11.6 Å². The molecule has 3 heteroatoms. The molecule has 0 aliphatic rings. The minimum absolute atomic E-state index is 0.567. The second-order valence-corrected chi connectivity index (χ2v) is 5.35. The molecule has 2 N–H and O–H groups in total. The molecular formula is C17H20ClNO. The van der Waals surface area contributed by atoms with Crippen molar-refractivity contribution < 1.29 is 4.74 Å². The average Bonchev–Trinajstić information content (AvgIpc) is 2.46. The number of hydrogen-bond donors (Lipinski definition) is 1. The van der Waals surface area contributed by atoms with Crippen LogP contribution in [0.1, 0.15) is 23.1 Å². The highest BCUT2D eigenvalue weighted by Crippen LogP contribution is 2.25. The largest absolute Gasteiger partial charge is 0.489 e. The van der Waals surface area contributed by atoms with Crippen LogP contribution in [0.4, 0.5) is 0 Å². The summed E-state index contributed by atoms with van der Waals surface area (Å²) in [5.41, 5.74) is 9.11. The molecule has 0 atom stereocenters. The van der Waals surface area contributed by atoms with E-state index in [-0.39, 0.29) is 0 Å². The topological polar surface area (TPSA) is 35.2 Å². The Bertz CT molecular complexity index is 551. The molecule has 20 heavy (non-hydrogen) atoms. The summed E-state index contributed by atoms with van der Waals surface area (Å²) in [6.45, 7) is 3.32. The highest BCUT2D eigenvalue weighted by Gasteiger charge is 2.05. The molecule has 0 radical (unpaired) electrons. The third-order valence-electron chi connectivity index (χ3n) is 3.19. The Hall–Kier alpha value is -1.51. The normalized spacial score (nSPS) is 10.6. The van der Waals surface area contributed by atoms with Crippen molar-refractivity contribution in [3.63, 3.8) is 0 Å². The zero-order chi connectivity index (χ0) is 14.4. The molecule has 0 saturated carbocycles. The molecular weight excluding hydrogens is 270 g/mol. The van der Waals surface area contributed by atoms with E-state index in [1.807, 2.05) is 18.2 Å². The molecule has 0 saturated heterocycles. The van der Waals surface area contributed by atoms with Gasteiger partial charge in [-0.15, -0.1) is 0 Å². The summed E-state index contributed by atoms with van der Waals surface area (Å²) < 4.78 is 5.92. The lowest BCUT2D eigenvalue weighted by Crippen LogP contribution is -2.03. The van der Waals surface area contributed by atoms with Crippen molar-refractivity contribution in [3.05, 3.63) is 64.2 Å². The molecule has 0 bridgehead atoms. The van der Waals surface area contributed by atoms with E-state index in [0.29, 0.717) is 13.2 Å². The van der Waals surface area contributed by atoms with Crippen molar-refractivity contribution in [2.24, 2.45) is 5.73 Å². The van der Waals surface area contributed by atoms with Gasteiger partial charge in [-0.1, -0.05) is 41.4 Å². The summed E-state index contributed by atoms with van der Waals surface area (Å²) >= 11 is 6.04. The van der Waals surface area contributed by atoms with Gasteiger partial charge < -0.3 is 10.5 Å². The van der Waals surface area contributed by atoms with Crippen LogP contribution in [0.15, 0.2) is 42.5 Å². The number of aryl methyl sites for hydroxylation is 2. The lowest BCUT2D eigenvalue weighted by atomic mass is 10.1. The Morgan fingerprint density at radius 1 is 1.10 bits per heavy atom. The van der Waals surface area contributed by atoms with Crippen molar-refractivity contribution in [1.29, 1.82) is 0 Å². The first kappa shape index (κ1) is 14.9. The van der Waals surface area contributed by atoms with Crippen molar-refractivity contribution in [2.45, 2.75) is 26.4 Å². The quantitative estimate of drug-likeness (QED) is 0.868. The van der Waals surface area contributed by atoms with E-state index in [0.717, 1.165) is 34.7 Å². The monoisotopic (exact) mass is 289 g/mol. The van der Waals surface area contributed by atoms with Crippen LogP contribution < -0.4 is 10.5 Å². The molecule has 106 valence electrons. The zero-order valence-corrected chi connectivity index (χ0v) is 12.5. The fourth-order valence-corrected chi connectivity index (χ4v) is 2.22. The van der Waals surface area contributed by atoms with Gasteiger partial charge in [-0.25, -0.2) is 0 Å². The van der Waals surface area contributed by atoms with Gasteiger partial charge >= 0.3 is 0 Å². The smallest absolute Gasteiger partial charge is 0.123 e. The van der Waals surface area contributed by atoms with Gasteiger partial charge in [0.05, 0.1) is 0 Å². The van der Waals surface area contributed by atoms with E-state index < -0.39 is 0 Å². The van der Waals surface area contributed by atoms with Crippen LogP contribution in [0.25, 0.3) is 0 Å². The second kappa shape index (κ2) is 7.32. The molecule has 0 unspecified atom stereocenters. The molecule has 2 rings (SSSR count). The SMILES string of the molecule is Cc1ccc(COc2ccc(Cl)cc2CCCN)cc1. The lowest BCUT2D eigenvalue weighted by molar-refractivity contribution is 0.302. The molecule has 0 aliphatic heterocycles. The highest BCUT2D eigenvalue weighted by atomic mass is 35.5. The Morgan fingerprint density at radius 3 is 2.55 bits per heavy atom. The van der Waals surface area contributed by atoms with Crippen molar-refractivity contribution >= 4 is 11.6 Å². The Kier molecular flexibility index (Phi) is 5.45. The number of ether oxygens (including phenoxy) is 1. The number of rotatable bonds is 6. The van der Waals surface area contributed by atoms with Gasteiger partial charge in [0, 0.05) is 5.02 Å². The molecule has 0 fully saturated rings. The predicted octanol–water partition coefficient (Wildman–Crippen LogP) is 4.12. The lowest BCUT2D eigenvalue weighted by Gasteiger charge is -2.12. The molecule has 0 heterocycles. The molecule has 2 aromatic carbocycles. The first-order chi connectivity index (χ1) is 9.69. The fourth-order valence-electron chi connectivity index (χ4n) is 2.02. The summed E-state index contributed by atoms with van der Waals surface area (Å²) in [5, 5.41) is 0.736. The molecule has 0 aliphatic carbocycles. The van der Waals surface area contributed by atoms with E-state index in [9.17, 15) is 0 Å². The van der Waals surface area contributed by atoms with Gasteiger partial charge in [-0.3, -0.25) is 0 Å². The van der Waals surface area contributed by atoms with Gasteiger partial charge in [0.15, 0.2) is 0 Å². The third-order valence-corrected chi connectivity index (χ3v) is 3.42. The van der Waals surface area contributed by atoms with Crippen LogP contribution in [0, 0.1) is 6.92 Å². The predicted molar refractivity (Wildman–Crippen MR) is 84.3 cm³/mol. The molecule has 2 nitrogen and oxygen atoms in total. The van der Waals surface area contributed by atoms with E-state index in [1.165, 1.54) is 5.56 Å². The summed E-state index contributed by atoms with van der Waals surface area (Å²) in [7, 11) is 0. The van der Waals surface area contributed by atoms with Gasteiger partial charge in [0.1, 0.15) is 12.4 Å². The van der Waals surface area contributed by atoms with Crippen molar-refractivity contribution in [2.75, 3.05) is 6.54 Å². The minimum atomic E-state index is 0.567. The first-order valence-corrected chi connectivity index (χ1v) is 7.23.